The smallest absolute Gasteiger partial charge is 0.243 e. The van der Waals surface area contributed by atoms with Crippen LogP contribution in [0.1, 0.15) is 122 Å². The van der Waals surface area contributed by atoms with Crippen molar-refractivity contribution in [1.82, 2.24) is 5.48 Å². The van der Waals surface area contributed by atoms with E-state index in [1.165, 1.54) is 96.3 Å². The third kappa shape index (κ3) is 19.4. The normalized spacial score (nSPS) is 10.9. The molecule has 0 saturated heterocycles. The summed E-state index contributed by atoms with van der Waals surface area (Å²) in [5.74, 6) is -0.258. The fourth-order valence-electron chi connectivity index (χ4n) is 3.07. The van der Waals surface area contributed by atoms with Crippen molar-refractivity contribution in [2.45, 2.75) is 122 Å². The summed E-state index contributed by atoms with van der Waals surface area (Å²) in [6.07, 6.45) is 23.3. The van der Waals surface area contributed by atoms with Gasteiger partial charge in [-0.3, -0.25) is 10.0 Å². The van der Waals surface area contributed by atoms with Gasteiger partial charge in [-0.05, 0) is 6.42 Å². The fraction of sp³-hybridized carbons (Fsp3) is 0.950. The van der Waals surface area contributed by atoms with Crippen molar-refractivity contribution in [3.8, 4) is 0 Å². The number of carbonyl (C=O) groups is 1. The highest BCUT2D eigenvalue weighted by Gasteiger charge is 1.98. The molecular formula is C20H41NO2. The van der Waals surface area contributed by atoms with Crippen LogP contribution in [-0.2, 0) is 4.79 Å². The second-order valence-corrected chi connectivity index (χ2v) is 6.94. The van der Waals surface area contributed by atoms with Crippen LogP contribution in [0.25, 0.3) is 0 Å². The van der Waals surface area contributed by atoms with E-state index in [-0.39, 0.29) is 5.91 Å². The number of hydroxylamine groups is 1. The van der Waals surface area contributed by atoms with Gasteiger partial charge >= 0.3 is 0 Å². The molecule has 0 aromatic rings. The van der Waals surface area contributed by atoms with Gasteiger partial charge in [0.1, 0.15) is 0 Å². The Bertz CT molecular complexity index is 244. The molecule has 0 bridgehead atoms. The number of carbonyl (C=O) groups excluding carboxylic acids is 1. The monoisotopic (exact) mass is 327 g/mol. The highest BCUT2D eigenvalue weighted by atomic mass is 16.5. The van der Waals surface area contributed by atoms with Gasteiger partial charge in [-0.15, -0.1) is 0 Å². The van der Waals surface area contributed by atoms with Gasteiger partial charge in [0.05, 0.1) is 0 Å². The first-order valence-corrected chi connectivity index (χ1v) is 10.2. The van der Waals surface area contributed by atoms with Gasteiger partial charge in [-0.2, -0.15) is 0 Å². The van der Waals surface area contributed by atoms with Gasteiger partial charge in [-0.25, -0.2) is 5.48 Å². The molecule has 0 aromatic heterocycles. The van der Waals surface area contributed by atoms with E-state index in [2.05, 4.69) is 6.92 Å². The maximum atomic E-state index is 10.8. The van der Waals surface area contributed by atoms with E-state index in [9.17, 15) is 4.79 Å². The SMILES string of the molecule is CCCCCCCCCCCCCCCCCCCC(=O)NO. The average molecular weight is 328 g/mol. The van der Waals surface area contributed by atoms with Crippen molar-refractivity contribution in [2.24, 2.45) is 0 Å². The Morgan fingerprint density at radius 1 is 0.609 bits per heavy atom. The van der Waals surface area contributed by atoms with E-state index in [4.69, 9.17) is 5.21 Å². The summed E-state index contributed by atoms with van der Waals surface area (Å²) in [6, 6.07) is 0. The van der Waals surface area contributed by atoms with Crippen LogP contribution < -0.4 is 5.48 Å². The van der Waals surface area contributed by atoms with Gasteiger partial charge in [-0.1, -0.05) is 110 Å². The number of nitrogens with one attached hydrogen (secondary N) is 1. The number of amides is 1. The van der Waals surface area contributed by atoms with Crippen LogP contribution in [0.4, 0.5) is 0 Å². The molecule has 0 unspecified atom stereocenters. The lowest BCUT2D eigenvalue weighted by Crippen LogP contribution is -2.17. The number of unbranched alkanes of at least 4 members (excludes halogenated alkanes) is 16. The molecule has 0 heterocycles. The quantitative estimate of drug-likeness (QED) is 0.171. The summed E-state index contributed by atoms with van der Waals surface area (Å²) in [7, 11) is 0. The molecule has 0 atom stereocenters. The Morgan fingerprint density at radius 3 is 1.22 bits per heavy atom. The van der Waals surface area contributed by atoms with Crippen molar-refractivity contribution in [1.29, 1.82) is 0 Å². The zero-order valence-corrected chi connectivity index (χ0v) is 15.6. The average Bonchev–Trinajstić information content (AvgIpc) is 2.57. The Balaban J connectivity index is 2.99. The molecule has 3 nitrogen and oxygen atoms in total. The molecule has 0 aromatic carbocycles. The van der Waals surface area contributed by atoms with Gasteiger partial charge < -0.3 is 0 Å². The molecule has 138 valence electrons. The zero-order chi connectivity index (χ0) is 17.0. The lowest BCUT2D eigenvalue weighted by atomic mass is 10.0. The molecule has 2 N–H and O–H groups in total. The van der Waals surface area contributed by atoms with Gasteiger partial charge in [0.15, 0.2) is 0 Å². The van der Waals surface area contributed by atoms with E-state index in [0.29, 0.717) is 6.42 Å². The molecule has 3 heteroatoms. The van der Waals surface area contributed by atoms with Gasteiger partial charge in [0.2, 0.25) is 5.91 Å². The van der Waals surface area contributed by atoms with Crippen molar-refractivity contribution in [3.63, 3.8) is 0 Å². The second-order valence-electron chi connectivity index (χ2n) is 6.94. The summed E-state index contributed by atoms with van der Waals surface area (Å²) in [5, 5.41) is 8.37. The van der Waals surface area contributed by atoms with Crippen LogP contribution in [0.2, 0.25) is 0 Å². The molecule has 0 spiro atoms. The van der Waals surface area contributed by atoms with E-state index in [1.807, 2.05) is 0 Å². The van der Waals surface area contributed by atoms with Crippen LogP contribution in [0.5, 0.6) is 0 Å². The van der Waals surface area contributed by atoms with E-state index in [1.54, 1.807) is 5.48 Å². The largest absolute Gasteiger partial charge is 0.289 e. The highest BCUT2D eigenvalue weighted by molar-refractivity contribution is 5.74. The fourth-order valence-corrected chi connectivity index (χ4v) is 3.07. The Hall–Kier alpha value is -0.570. The number of hydrogen-bond donors (Lipinski definition) is 2. The molecule has 0 radical (unpaired) electrons. The molecule has 0 aliphatic rings. The summed E-state index contributed by atoms with van der Waals surface area (Å²) in [5.41, 5.74) is 1.68. The summed E-state index contributed by atoms with van der Waals surface area (Å²) in [4.78, 5) is 10.8. The predicted molar refractivity (Wildman–Crippen MR) is 98.7 cm³/mol. The van der Waals surface area contributed by atoms with Crippen LogP contribution in [0.3, 0.4) is 0 Å². The molecule has 0 saturated carbocycles. The third-order valence-corrected chi connectivity index (χ3v) is 4.63. The maximum Gasteiger partial charge on any atom is 0.243 e. The van der Waals surface area contributed by atoms with E-state index >= 15 is 0 Å². The van der Waals surface area contributed by atoms with Crippen LogP contribution in [0, 0.1) is 0 Å². The van der Waals surface area contributed by atoms with Crippen LogP contribution in [-0.4, -0.2) is 11.1 Å². The van der Waals surface area contributed by atoms with Gasteiger partial charge in [0.25, 0.3) is 0 Å². The van der Waals surface area contributed by atoms with E-state index < -0.39 is 0 Å². The van der Waals surface area contributed by atoms with Crippen molar-refractivity contribution < 1.29 is 10.0 Å². The minimum atomic E-state index is -0.258. The molecular weight excluding hydrogens is 286 g/mol. The Labute approximate surface area is 144 Å². The third-order valence-electron chi connectivity index (χ3n) is 4.63. The summed E-state index contributed by atoms with van der Waals surface area (Å²) >= 11 is 0. The predicted octanol–water partition coefficient (Wildman–Crippen LogP) is 6.53. The topological polar surface area (TPSA) is 49.3 Å². The molecule has 1 amide bonds. The van der Waals surface area contributed by atoms with Crippen LogP contribution >= 0.6 is 0 Å². The minimum absolute atomic E-state index is 0.258. The lowest BCUT2D eigenvalue weighted by Gasteiger charge is -2.03. The Morgan fingerprint density at radius 2 is 0.913 bits per heavy atom. The summed E-state index contributed by atoms with van der Waals surface area (Å²) < 4.78 is 0. The molecule has 0 aliphatic heterocycles. The van der Waals surface area contributed by atoms with Crippen molar-refractivity contribution in [2.75, 3.05) is 0 Å². The zero-order valence-electron chi connectivity index (χ0n) is 15.6. The lowest BCUT2D eigenvalue weighted by molar-refractivity contribution is -0.129. The number of hydrogen-bond acceptors (Lipinski definition) is 2. The number of rotatable bonds is 18. The van der Waals surface area contributed by atoms with E-state index in [0.717, 1.165) is 12.8 Å². The standard InChI is InChI=1S/C20H41NO2/c1-2-3-4-5-6-7-8-9-10-11-12-13-14-15-16-17-18-19-20(22)21-23/h23H,2-19H2,1H3,(H,21,22). The molecule has 0 fully saturated rings. The molecule has 23 heavy (non-hydrogen) atoms. The van der Waals surface area contributed by atoms with Crippen molar-refractivity contribution in [3.05, 3.63) is 0 Å². The van der Waals surface area contributed by atoms with Crippen LogP contribution in [0.15, 0.2) is 0 Å². The minimum Gasteiger partial charge on any atom is -0.289 e. The highest BCUT2D eigenvalue weighted by Crippen LogP contribution is 2.14. The first kappa shape index (κ1) is 22.4. The van der Waals surface area contributed by atoms with Gasteiger partial charge in [0, 0.05) is 6.42 Å². The Kier molecular flexibility index (Phi) is 19.0. The van der Waals surface area contributed by atoms with Crippen molar-refractivity contribution >= 4 is 5.91 Å². The summed E-state index contributed by atoms with van der Waals surface area (Å²) in [6.45, 7) is 2.28. The molecule has 0 aliphatic carbocycles. The second kappa shape index (κ2) is 19.5. The first-order chi connectivity index (χ1) is 11.3. The first-order valence-electron chi connectivity index (χ1n) is 10.2. The maximum absolute atomic E-state index is 10.8. The molecule has 0 rings (SSSR count).